The second kappa shape index (κ2) is 11.0. The summed E-state index contributed by atoms with van der Waals surface area (Å²) >= 11 is 0. The number of aliphatic hydroxyl groups is 1. The summed E-state index contributed by atoms with van der Waals surface area (Å²) in [6.07, 6.45) is 5.07. The maximum Gasteiger partial charge on any atom is 0.242 e. The Balaban J connectivity index is 0.00000304. The van der Waals surface area contributed by atoms with Gasteiger partial charge in [0.1, 0.15) is 12.7 Å². The van der Waals surface area contributed by atoms with Crippen molar-refractivity contribution in [1.29, 1.82) is 0 Å². The molecule has 2 aromatic heterocycles. The minimum absolute atomic E-state index is 0. The van der Waals surface area contributed by atoms with Crippen LogP contribution in [0, 0.1) is 0 Å². The Morgan fingerprint density at radius 3 is 2.58 bits per heavy atom. The molecule has 194 valence electrons. The first-order valence-electron chi connectivity index (χ1n) is 11.5. The fraction of sp³-hybridized carbons (Fsp3) is 0.458. The maximum absolute atomic E-state index is 11.9. The van der Waals surface area contributed by atoms with Crippen molar-refractivity contribution in [2.24, 2.45) is 0 Å². The molecule has 1 aromatic carbocycles. The number of benzene rings is 1. The fourth-order valence-electron chi connectivity index (χ4n) is 4.41. The van der Waals surface area contributed by atoms with E-state index in [9.17, 15) is 13.5 Å². The van der Waals surface area contributed by atoms with Crippen LogP contribution < -0.4 is 4.74 Å². The van der Waals surface area contributed by atoms with Crippen molar-refractivity contribution in [3.8, 4) is 17.1 Å². The molecule has 1 atom stereocenters. The molecule has 5 rings (SSSR count). The van der Waals surface area contributed by atoms with E-state index in [1.54, 1.807) is 12.4 Å². The SMILES string of the molecule is CS(=O)(=O)N1CCO[C@H](COc2nc(-c3ccc(C4(O)CCOCC4)cc3)cc3nccnc23)C1.S. The molecule has 4 heterocycles. The van der Waals surface area contributed by atoms with Crippen molar-refractivity contribution in [2.45, 2.75) is 24.5 Å². The molecule has 36 heavy (non-hydrogen) atoms. The summed E-state index contributed by atoms with van der Waals surface area (Å²) < 4.78 is 42.3. The molecular formula is C24H30N4O6S2. The van der Waals surface area contributed by atoms with Gasteiger partial charge in [-0.1, -0.05) is 24.3 Å². The van der Waals surface area contributed by atoms with E-state index in [0.29, 0.717) is 61.8 Å². The van der Waals surface area contributed by atoms with E-state index in [2.05, 4.69) is 15.0 Å². The van der Waals surface area contributed by atoms with Gasteiger partial charge in [-0.25, -0.2) is 18.4 Å². The summed E-state index contributed by atoms with van der Waals surface area (Å²) in [5, 5.41) is 11.0. The van der Waals surface area contributed by atoms with Crippen molar-refractivity contribution in [3.63, 3.8) is 0 Å². The third-order valence-electron chi connectivity index (χ3n) is 6.44. The van der Waals surface area contributed by atoms with Crippen molar-refractivity contribution < 1.29 is 27.7 Å². The van der Waals surface area contributed by atoms with Crippen LogP contribution in [0.15, 0.2) is 42.7 Å². The zero-order chi connectivity index (χ0) is 24.5. The molecule has 1 N–H and O–H groups in total. The van der Waals surface area contributed by atoms with Crippen LogP contribution in [-0.4, -0.2) is 84.7 Å². The predicted molar refractivity (Wildman–Crippen MR) is 139 cm³/mol. The number of fused-ring (bicyclic) bond motifs is 1. The summed E-state index contributed by atoms with van der Waals surface area (Å²) in [5.41, 5.74) is 2.61. The Bertz CT molecular complexity index is 1300. The van der Waals surface area contributed by atoms with Crippen LogP contribution in [0.25, 0.3) is 22.3 Å². The van der Waals surface area contributed by atoms with Crippen molar-refractivity contribution in [3.05, 3.63) is 48.3 Å². The number of morpholine rings is 1. The van der Waals surface area contributed by atoms with Gasteiger partial charge >= 0.3 is 0 Å². The Morgan fingerprint density at radius 1 is 1.14 bits per heavy atom. The minimum atomic E-state index is -3.30. The minimum Gasteiger partial charge on any atom is -0.473 e. The van der Waals surface area contributed by atoms with Crippen LogP contribution in [0.3, 0.4) is 0 Å². The number of sulfonamides is 1. The molecule has 3 aromatic rings. The number of rotatable bonds is 6. The first kappa shape index (κ1) is 26.7. The van der Waals surface area contributed by atoms with E-state index >= 15 is 0 Å². The van der Waals surface area contributed by atoms with Gasteiger partial charge in [0.25, 0.3) is 0 Å². The van der Waals surface area contributed by atoms with Gasteiger partial charge in [-0.2, -0.15) is 17.8 Å². The molecule has 0 spiro atoms. The second-order valence-corrected chi connectivity index (χ2v) is 10.9. The molecule has 0 radical (unpaired) electrons. The first-order chi connectivity index (χ1) is 16.8. The highest BCUT2D eigenvalue weighted by atomic mass is 32.2. The molecule has 2 aliphatic rings. The Morgan fingerprint density at radius 2 is 1.86 bits per heavy atom. The van der Waals surface area contributed by atoms with E-state index in [0.717, 1.165) is 11.1 Å². The highest BCUT2D eigenvalue weighted by Gasteiger charge is 2.32. The molecule has 0 bridgehead atoms. The molecule has 0 unspecified atom stereocenters. The average molecular weight is 535 g/mol. The summed E-state index contributed by atoms with van der Waals surface area (Å²) in [6.45, 7) is 2.06. The van der Waals surface area contributed by atoms with Gasteiger partial charge in [0.2, 0.25) is 15.9 Å². The molecular weight excluding hydrogens is 504 g/mol. The number of hydrogen-bond donors (Lipinski definition) is 1. The van der Waals surface area contributed by atoms with Gasteiger partial charge in [-0.05, 0) is 11.6 Å². The van der Waals surface area contributed by atoms with E-state index in [-0.39, 0.29) is 26.6 Å². The monoisotopic (exact) mass is 534 g/mol. The van der Waals surface area contributed by atoms with E-state index in [1.165, 1.54) is 10.6 Å². The number of pyridine rings is 1. The Hall–Kier alpha value is -2.35. The van der Waals surface area contributed by atoms with Crippen LogP contribution in [0.4, 0.5) is 0 Å². The van der Waals surface area contributed by atoms with Crippen LogP contribution in [0.1, 0.15) is 18.4 Å². The van der Waals surface area contributed by atoms with E-state index in [4.69, 9.17) is 14.2 Å². The molecule has 2 aliphatic heterocycles. The molecule has 0 aliphatic carbocycles. The number of hydrogen-bond acceptors (Lipinski definition) is 9. The Labute approximate surface area is 217 Å². The standard InChI is InChI=1S/C24H28N4O6S.H2S/c1-35(30,31)28-10-13-33-19(15-28)16-34-23-22-21(25-8-9-26-22)14-20(27-23)17-2-4-18(5-3-17)24(29)6-11-32-12-7-24;/h2-5,8-9,14,19,29H,6-7,10-13,15-16H2,1H3;1H2/t19-;/m0./s1. The second-order valence-electron chi connectivity index (χ2n) is 8.88. The number of ether oxygens (including phenoxy) is 3. The van der Waals surface area contributed by atoms with Gasteiger partial charge in [-0.3, -0.25) is 4.98 Å². The Kier molecular flexibility index (Phi) is 8.12. The summed E-state index contributed by atoms with van der Waals surface area (Å²) in [4.78, 5) is 13.5. The van der Waals surface area contributed by atoms with E-state index < -0.39 is 21.7 Å². The zero-order valence-corrected chi connectivity index (χ0v) is 21.8. The van der Waals surface area contributed by atoms with Gasteiger partial charge in [0.05, 0.1) is 29.7 Å². The number of nitrogens with zero attached hydrogens (tertiary/aromatic N) is 4. The summed E-state index contributed by atoms with van der Waals surface area (Å²) in [7, 11) is -3.30. The van der Waals surface area contributed by atoms with Crippen LogP contribution >= 0.6 is 13.5 Å². The lowest BCUT2D eigenvalue weighted by Crippen LogP contribution is -2.47. The number of aromatic nitrogens is 3. The molecule has 0 amide bonds. The molecule has 2 saturated heterocycles. The fourth-order valence-corrected chi connectivity index (χ4v) is 5.25. The quantitative estimate of drug-likeness (QED) is 0.504. The van der Waals surface area contributed by atoms with Gasteiger partial charge in [0.15, 0.2) is 5.52 Å². The van der Waals surface area contributed by atoms with Crippen molar-refractivity contribution in [1.82, 2.24) is 19.3 Å². The third kappa shape index (κ3) is 5.79. The average Bonchev–Trinajstić information content (AvgIpc) is 2.87. The van der Waals surface area contributed by atoms with E-state index in [1.807, 2.05) is 30.3 Å². The lowest BCUT2D eigenvalue weighted by molar-refractivity contribution is -0.0679. The smallest absolute Gasteiger partial charge is 0.242 e. The lowest BCUT2D eigenvalue weighted by Gasteiger charge is -2.32. The maximum atomic E-state index is 11.9. The van der Waals surface area contributed by atoms with Crippen LogP contribution in [0.2, 0.25) is 0 Å². The summed E-state index contributed by atoms with van der Waals surface area (Å²) in [6, 6.07) is 9.52. The molecule has 12 heteroatoms. The van der Waals surface area contributed by atoms with Gasteiger partial charge in [0, 0.05) is 57.1 Å². The topological polar surface area (TPSA) is 124 Å². The van der Waals surface area contributed by atoms with Crippen molar-refractivity contribution in [2.75, 3.05) is 45.8 Å². The largest absolute Gasteiger partial charge is 0.473 e. The highest BCUT2D eigenvalue weighted by molar-refractivity contribution is 7.88. The normalized spacial score (nSPS) is 20.6. The predicted octanol–water partition coefficient (Wildman–Crippen LogP) is 1.84. The van der Waals surface area contributed by atoms with Gasteiger partial charge < -0.3 is 19.3 Å². The van der Waals surface area contributed by atoms with Crippen LogP contribution in [0.5, 0.6) is 5.88 Å². The van der Waals surface area contributed by atoms with Crippen LogP contribution in [-0.2, 0) is 25.1 Å². The highest BCUT2D eigenvalue weighted by Crippen LogP contribution is 2.34. The molecule has 2 fully saturated rings. The van der Waals surface area contributed by atoms with Crippen molar-refractivity contribution >= 4 is 34.6 Å². The first-order valence-corrected chi connectivity index (χ1v) is 13.4. The molecule has 0 saturated carbocycles. The molecule has 10 nitrogen and oxygen atoms in total. The lowest BCUT2D eigenvalue weighted by atomic mass is 9.86. The zero-order valence-electron chi connectivity index (χ0n) is 20.0. The van der Waals surface area contributed by atoms with Gasteiger partial charge in [-0.15, -0.1) is 0 Å². The summed E-state index contributed by atoms with van der Waals surface area (Å²) in [5.74, 6) is 0.304. The third-order valence-corrected chi connectivity index (χ3v) is 7.71.